The summed E-state index contributed by atoms with van der Waals surface area (Å²) >= 11 is 7.15. The van der Waals surface area contributed by atoms with Crippen LogP contribution in [0.15, 0.2) is 17.3 Å². The molecule has 0 amide bonds. The standard InChI is InChI=1S/C7H9ClN2S/c1-6-4-7(10-9-5-6)11-3-2-8/h4-5H,2-3H2,1H3. The molecule has 0 N–H and O–H groups in total. The van der Waals surface area contributed by atoms with Crippen molar-refractivity contribution in [1.29, 1.82) is 0 Å². The number of hydrogen-bond donors (Lipinski definition) is 0. The van der Waals surface area contributed by atoms with E-state index in [0.29, 0.717) is 5.88 Å². The first-order valence-corrected chi connectivity index (χ1v) is 4.83. The lowest BCUT2D eigenvalue weighted by Gasteiger charge is -1.96. The van der Waals surface area contributed by atoms with E-state index in [1.807, 2.05) is 13.0 Å². The molecule has 0 bridgehead atoms. The normalized spacial score (nSPS) is 10.0. The minimum Gasteiger partial charge on any atom is -0.158 e. The molecule has 0 fully saturated rings. The molecule has 0 saturated carbocycles. The summed E-state index contributed by atoms with van der Waals surface area (Å²) in [6.07, 6.45) is 1.74. The molecule has 0 spiro atoms. The molecule has 2 nitrogen and oxygen atoms in total. The second-order valence-corrected chi connectivity index (χ2v) is 3.60. The van der Waals surface area contributed by atoms with Crippen molar-refractivity contribution in [2.24, 2.45) is 0 Å². The minimum absolute atomic E-state index is 0.653. The van der Waals surface area contributed by atoms with Gasteiger partial charge < -0.3 is 0 Å². The number of aromatic nitrogens is 2. The third-order valence-corrected chi connectivity index (χ3v) is 2.41. The van der Waals surface area contributed by atoms with E-state index >= 15 is 0 Å². The Morgan fingerprint density at radius 1 is 1.64 bits per heavy atom. The Hall–Kier alpha value is -0.280. The Bertz CT molecular complexity index is 229. The van der Waals surface area contributed by atoms with Crippen LogP contribution in [0.1, 0.15) is 5.56 Å². The number of rotatable bonds is 3. The second kappa shape index (κ2) is 4.57. The summed E-state index contributed by atoms with van der Waals surface area (Å²) < 4.78 is 0. The monoisotopic (exact) mass is 188 g/mol. The van der Waals surface area contributed by atoms with Gasteiger partial charge in [-0.1, -0.05) is 0 Å². The molecule has 60 valence electrons. The maximum Gasteiger partial charge on any atom is 0.119 e. The summed E-state index contributed by atoms with van der Waals surface area (Å²) in [6, 6.07) is 2.00. The van der Waals surface area contributed by atoms with Gasteiger partial charge >= 0.3 is 0 Å². The van der Waals surface area contributed by atoms with Crippen molar-refractivity contribution in [3.05, 3.63) is 17.8 Å². The van der Waals surface area contributed by atoms with E-state index in [-0.39, 0.29) is 0 Å². The molecule has 0 unspecified atom stereocenters. The SMILES string of the molecule is Cc1cnnc(SCCCl)c1. The second-order valence-electron chi connectivity index (χ2n) is 2.11. The summed E-state index contributed by atoms with van der Waals surface area (Å²) in [7, 11) is 0. The number of halogens is 1. The molecule has 0 atom stereocenters. The average molecular weight is 189 g/mol. The quantitative estimate of drug-likeness (QED) is 0.537. The van der Waals surface area contributed by atoms with Crippen LogP contribution in [-0.4, -0.2) is 21.8 Å². The fraction of sp³-hybridized carbons (Fsp3) is 0.429. The van der Waals surface area contributed by atoms with Crippen LogP contribution >= 0.6 is 23.4 Å². The first kappa shape index (κ1) is 8.81. The molecular weight excluding hydrogens is 180 g/mol. The predicted molar refractivity (Wildman–Crippen MR) is 48.2 cm³/mol. The highest BCUT2D eigenvalue weighted by Crippen LogP contribution is 2.14. The maximum absolute atomic E-state index is 5.52. The highest BCUT2D eigenvalue weighted by Gasteiger charge is 1.94. The number of thioether (sulfide) groups is 1. The van der Waals surface area contributed by atoms with Crippen LogP contribution in [0.5, 0.6) is 0 Å². The van der Waals surface area contributed by atoms with Gasteiger partial charge in [-0.25, -0.2) is 0 Å². The zero-order chi connectivity index (χ0) is 8.10. The summed E-state index contributed by atoms with van der Waals surface area (Å²) in [5, 5.41) is 8.70. The van der Waals surface area contributed by atoms with Gasteiger partial charge in [-0.3, -0.25) is 0 Å². The zero-order valence-electron chi connectivity index (χ0n) is 6.25. The zero-order valence-corrected chi connectivity index (χ0v) is 7.82. The molecule has 11 heavy (non-hydrogen) atoms. The van der Waals surface area contributed by atoms with E-state index < -0.39 is 0 Å². The number of aryl methyl sites for hydroxylation is 1. The van der Waals surface area contributed by atoms with Crippen LogP contribution in [0.3, 0.4) is 0 Å². The van der Waals surface area contributed by atoms with E-state index in [9.17, 15) is 0 Å². The van der Waals surface area contributed by atoms with Crippen LogP contribution in [0.4, 0.5) is 0 Å². The van der Waals surface area contributed by atoms with Crippen LogP contribution in [0.25, 0.3) is 0 Å². The first-order valence-electron chi connectivity index (χ1n) is 3.31. The highest BCUT2D eigenvalue weighted by atomic mass is 35.5. The van der Waals surface area contributed by atoms with E-state index in [2.05, 4.69) is 10.2 Å². The fourth-order valence-electron chi connectivity index (χ4n) is 0.651. The van der Waals surface area contributed by atoms with Gasteiger partial charge in [0.1, 0.15) is 5.03 Å². The summed E-state index contributed by atoms with van der Waals surface area (Å²) in [6.45, 7) is 2.00. The van der Waals surface area contributed by atoms with Crippen molar-refractivity contribution < 1.29 is 0 Å². The van der Waals surface area contributed by atoms with Crippen molar-refractivity contribution in [1.82, 2.24) is 10.2 Å². The molecule has 1 aromatic heterocycles. The van der Waals surface area contributed by atoms with Gasteiger partial charge in [-0.05, 0) is 18.6 Å². The Morgan fingerprint density at radius 3 is 3.09 bits per heavy atom. The number of nitrogens with zero attached hydrogens (tertiary/aromatic N) is 2. The van der Waals surface area contributed by atoms with Crippen molar-refractivity contribution in [3.8, 4) is 0 Å². The van der Waals surface area contributed by atoms with Gasteiger partial charge in [-0.2, -0.15) is 5.10 Å². The molecular formula is C7H9ClN2S. The summed E-state index contributed by atoms with van der Waals surface area (Å²) in [4.78, 5) is 0. The minimum atomic E-state index is 0.653. The Morgan fingerprint density at radius 2 is 2.45 bits per heavy atom. The van der Waals surface area contributed by atoms with E-state index in [0.717, 1.165) is 16.3 Å². The van der Waals surface area contributed by atoms with Crippen molar-refractivity contribution in [2.45, 2.75) is 11.9 Å². The summed E-state index contributed by atoms with van der Waals surface area (Å²) in [5.41, 5.74) is 1.14. The molecule has 0 radical (unpaired) electrons. The lowest BCUT2D eigenvalue weighted by atomic mass is 10.4. The molecule has 0 aliphatic rings. The predicted octanol–water partition coefficient (Wildman–Crippen LogP) is 2.12. The molecule has 1 heterocycles. The van der Waals surface area contributed by atoms with Gasteiger partial charge in [0.15, 0.2) is 0 Å². The molecule has 1 rings (SSSR count). The first-order chi connectivity index (χ1) is 5.33. The van der Waals surface area contributed by atoms with Crippen LogP contribution < -0.4 is 0 Å². The smallest absolute Gasteiger partial charge is 0.119 e. The number of hydrogen-bond acceptors (Lipinski definition) is 3. The third-order valence-electron chi connectivity index (χ3n) is 1.10. The van der Waals surface area contributed by atoms with Gasteiger partial charge in [0, 0.05) is 11.6 Å². The fourth-order valence-corrected chi connectivity index (χ4v) is 1.54. The lowest BCUT2D eigenvalue weighted by Crippen LogP contribution is -1.87. The molecule has 1 aromatic rings. The topological polar surface area (TPSA) is 25.8 Å². The largest absolute Gasteiger partial charge is 0.158 e. The van der Waals surface area contributed by atoms with E-state index in [1.165, 1.54) is 0 Å². The third kappa shape index (κ3) is 3.08. The molecule has 0 aliphatic carbocycles. The molecule has 0 aliphatic heterocycles. The summed E-state index contributed by atoms with van der Waals surface area (Å²) in [5.74, 6) is 1.54. The van der Waals surface area contributed by atoms with E-state index in [4.69, 9.17) is 11.6 Å². The molecule has 0 saturated heterocycles. The lowest BCUT2D eigenvalue weighted by molar-refractivity contribution is 0.916. The Kier molecular flexibility index (Phi) is 3.66. The number of alkyl halides is 1. The van der Waals surface area contributed by atoms with Crippen LogP contribution in [0, 0.1) is 6.92 Å². The Balaban J connectivity index is 2.56. The van der Waals surface area contributed by atoms with Crippen molar-refractivity contribution in [2.75, 3.05) is 11.6 Å². The maximum atomic E-state index is 5.52. The molecule has 0 aromatic carbocycles. The van der Waals surface area contributed by atoms with Crippen LogP contribution in [0.2, 0.25) is 0 Å². The van der Waals surface area contributed by atoms with E-state index in [1.54, 1.807) is 18.0 Å². The van der Waals surface area contributed by atoms with Crippen LogP contribution in [-0.2, 0) is 0 Å². The Labute approximate surface area is 75.4 Å². The van der Waals surface area contributed by atoms with Crippen molar-refractivity contribution in [3.63, 3.8) is 0 Å². The van der Waals surface area contributed by atoms with Gasteiger partial charge in [0.05, 0.1) is 6.20 Å². The van der Waals surface area contributed by atoms with Crippen molar-refractivity contribution >= 4 is 23.4 Å². The van der Waals surface area contributed by atoms with Gasteiger partial charge in [-0.15, -0.1) is 28.5 Å². The van der Waals surface area contributed by atoms with Gasteiger partial charge in [0.25, 0.3) is 0 Å². The average Bonchev–Trinajstić information content (AvgIpc) is 2.01. The van der Waals surface area contributed by atoms with Gasteiger partial charge in [0.2, 0.25) is 0 Å². The highest BCUT2D eigenvalue weighted by molar-refractivity contribution is 7.99. The molecule has 4 heteroatoms.